The number of rotatable bonds is 4. The van der Waals surface area contributed by atoms with E-state index >= 15 is 0 Å². The Kier molecular flexibility index (Phi) is 4.93. The van der Waals surface area contributed by atoms with Gasteiger partial charge in [-0.2, -0.15) is 11.8 Å². The first-order valence-corrected chi connectivity index (χ1v) is 6.97. The summed E-state index contributed by atoms with van der Waals surface area (Å²) in [7, 11) is 0. The molecule has 0 bridgehead atoms. The van der Waals surface area contributed by atoms with Gasteiger partial charge in [-0.05, 0) is 31.1 Å². The Morgan fingerprint density at radius 1 is 1.60 bits per heavy atom. The number of hydrogen-bond donors (Lipinski definition) is 2. The Hall–Kier alpha value is -0.220. The van der Waals surface area contributed by atoms with Crippen molar-refractivity contribution in [2.24, 2.45) is 5.41 Å². The molecular formula is C11H22N2OS. The van der Waals surface area contributed by atoms with Gasteiger partial charge in [0.1, 0.15) is 0 Å². The Morgan fingerprint density at radius 3 is 2.93 bits per heavy atom. The molecule has 15 heavy (non-hydrogen) atoms. The molecule has 4 heteroatoms. The molecule has 0 aromatic rings. The van der Waals surface area contributed by atoms with Crippen molar-refractivity contribution in [2.75, 3.05) is 25.1 Å². The molecule has 0 aromatic carbocycles. The predicted molar refractivity (Wildman–Crippen MR) is 66.2 cm³/mol. The molecule has 1 fully saturated rings. The van der Waals surface area contributed by atoms with Gasteiger partial charge in [-0.25, -0.2) is 0 Å². The van der Waals surface area contributed by atoms with E-state index in [0.717, 1.165) is 25.3 Å². The second-order valence-corrected chi connectivity index (χ2v) is 5.75. The van der Waals surface area contributed by atoms with Crippen molar-refractivity contribution in [3.8, 4) is 0 Å². The van der Waals surface area contributed by atoms with E-state index in [1.807, 2.05) is 0 Å². The van der Waals surface area contributed by atoms with Crippen LogP contribution in [0.3, 0.4) is 0 Å². The molecule has 0 saturated carbocycles. The maximum Gasteiger partial charge on any atom is 0.237 e. The van der Waals surface area contributed by atoms with Crippen LogP contribution < -0.4 is 10.6 Å². The van der Waals surface area contributed by atoms with E-state index in [1.165, 1.54) is 6.42 Å². The van der Waals surface area contributed by atoms with Crippen LogP contribution >= 0.6 is 11.8 Å². The van der Waals surface area contributed by atoms with E-state index in [1.54, 1.807) is 11.8 Å². The summed E-state index contributed by atoms with van der Waals surface area (Å²) in [5, 5.41) is 6.30. The van der Waals surface area contributed by atoms with E-state index in [-0.39, 0.29) is 17.4 Å². The minimum absolute atomic E-state index is 0.0203. The van der Waals surface area contributed by atoms with Crippen LogP contribution in [0, 0.1) is 5.41 Å². The lowest BCUT2D eigenvalue weighted by Gasteiger charge is -2.38. The normalized spacial score (nSPS) is 24.9. The van der Waals surface area contributed by atoms with Crippen LogP contribution in [0.15, 0.2) is 0 Å². The fraction of sp³-hybridized carbons (Fsp3) is 0.909. The van der Waals surface area contributed by atoms with Crippen molar-refractivity contribution in [2.45, 2.75) is 32.7 Å². The molecule has 0 aliphatic carbocycles. The van der Waals surface area contributed by atoms with E-state index in [2.05, 4.69) is 30.7 Å². The molecule has 1 rings (SSSR count). The van der Waals surface area contributed by atoms with Crippen LogP contribution in [0.25, 0.3) is 0 Å². The van der Waals surface area contributed by atoms with E-state index in [0.29, 0.717) is 0 Å². The zero-order chi connectivity index (χ0) is 11.3. The zero-order valence-corrected chi connectivity index (χ0v) is 10.7. The highest BCUT2D eigenvalue weighted by atomic mass is 32.2. The first kappa shape index (κ1) is 12.8. The van der Waals surface area contributed by atoms with Gasteiger partial charge in [0.25, 0.3) is 0 Å². The average Bonchev–Trinajstić information content (AvgIpc) is 2.17. The van der Waals surface area contributed by atoms with Crippen molar-refractivity contribution < 1.29 is 4.79 Å². The number of thioether (sulfide) groups is 1. The molecule has 3 nitrogen and oxygen atoms in total. The lowest BCUT2D eigenvalue weighted by molar-refractivity contribution is -0.126. The van der Waals surface area contributed by atoms with Gasteiger partial charge in [0.15, 0.2) is 0 Å². The van der Waals surface area contributed by atoms with E-state index < -0.39 is 0 Å². The standard InChI is InChI=1S/C11H22N2OS/c1-11(2)5-4-6-12-9(11)10(14)13-7-8-15-3/h9,12H,4-8H2,1-3H3,(H,13,14). The highest BCUT2D eigenvalue weighted by molar-refractivity contribution is 7.98. The van der Waals surface area contributed by atoms with Gasteiger partial charge in [0.2, 0.25) is 5.91 Å². The SMILES string of the molecule is CSCCNC(=O)C1NCCCC1(C)C. The average molecular weight is 230 g/mol. The van der Waals surface area contributed by atoms with Gasteiger partial charge in [-0.3, -0.25) is 4.79 Å². The van der Waals surface area contributed by atoms with Crippen LogP contribution in [0.1, 0.15) is 26.7 Å². The largest absolute Gasteiger partial charge is 0.354 e. The number of carbonyl (C=O) groups is 1. The summed E-state index contributed by atoms with van der Waals surface area (Å²) in [4.78, 5) is 11.9. The number of hydrogen-bond acceptors (Lipinski definition) is 3. The third-order valence-electron chi connectivity index (χ3n) is 3.00. The molecule has 1 aliphatic heterocycles. The monoisotopic (exact) mass is 230 g/mol. The van der Waals surface area contributed by atoms with Crippen LogP contribution in [0.5, 0.6) is 0 Å². The van der Waals surface area contributed by atoms with Gasteiger partial charge in [-0.15, -0.1) is 0 Å². The van der Waals surface area contributed by atoms with Crippen LogP contribution in [0.4, 0.5) is 0 Å². The maximum atomic E-state index is 11.9. The van der Waals surface area contributed by atoms with Crippen LogP contribution in [-0.4, -0.2) is 37.0 Å². The molecule has 88 valence electrons. The van der Waals surface area contributed by atoms with Crippen molar-refractivity contribution in [3.63, 3.8) is 0 Å². The topological polar surface area (TPSA) is 41.1 Å². The smallest absolute Gasteiger partial charge is 0.237 e. The molecule has 1 saturated heterocycles. The molecule has 1 unspecified atom stereocenters. The van der Waals surface area contributed by atoms with Gasteiger partial charge < -0.3 is 10.6 Å². The van der Waals surface area contributed by atoms with Gasteiger partial charge >= 0.3 is 0 Å². The summed E-state index contributed by atoms with van der Waals surface area (Å²) in [6, 6.07) is -0.0203. The molecule has 0 spiro atoms. The summed E-state index contributed by atoms with van der Waals surface area (Å²) in [6.45, 7) is 6.06. The lowest BCUT2D eigenvalue weighted by Crippen LogP contribution is -2.55. The number of nitrogens with one attached hydrogen (secondary N) is 2. The summed E-state index contributed by atoms with van der Waals surface area (Å²) in [6.07, 6.45) is 4.34. The minimum Gasteiger partial charge on any atom is -0.354 e. The highest BCUT2D eigenvalue weighted by Gasteiger charge is 2.36. The summed E-state index contributed by atoms with van der Waals surface area (Å²) in [5.41, 5.74) is 0.0850. The Labute approximate surface area is 96.8 Å². The zero-order valence-electron chi connectivity index (χ0n) is 9.93. The Bertz CT molecular complexity index is 219. The van der Waals surface area contributed by atoms with Crippen molar-refractivity contribution >= 4 is 17.7 Å². The Morgan fingerprint density at radius 2 is 2.33 bits per heavy atom. The first-order valence-electron chi connectivity index (χ1n) is 5.58. The third kappa shape index (κ3) is 3.68. The summed E-state index contributed by atoms with van der Waals surface area (Å²) in [5.74, 6) is 1.15. The second kappa shape index (κ2) is 5.75. The molecule has 1 amide bonds. The molecular weight excluding hydrogens is 208 g/mol. The van der Waals surface area contributed by atoms with Crippen LogP contribution in [-0.2, 0) is 4.79 Å². The predicted octanol–water partition coefficient (Wildman–Crippen LogP) is 1.24. The van der Waals surface area contributed by atoms with E-state index in [4.69, 9.17) is 0 Å². The minimum atomic E-state index is -0.0203. The lowest BCUT2D eigenvalue weighted by atomic mass is 9.77. The molecule has 1 atom stereocenters. The van der Waals surface area contributed by atoms with E-state index in [9.17, 15) is 4.79 Å². The Balaban J connectivity index is 2.42. The number of carbonyl (C=O) groups excluding carboxylic acids is 1. The molecule has 0 radical (unpaired) electrons. The molecule has 0 aromatic heterocycles. The molecule has 1 heterocycles. The van der Waals surface area contributed by atoms with Gasteiger partial charge in [-0.1, -0.05) is 13.8 Å². The fourth-order valence-electron chi connectivity index (χ4n) is 2.04. The fourth-order valence-corrected chi connectivity index (χ4v) is 2.34. The highest BCUT2D eigenvalue weighted by Crippen LogP contribution is 2.29. The van der Waals surface area contributed by atoms with Crippen molar-refractivity contribution in [1.29, 1.82) is 0 Å². The van der Waals surface area contributed by atoms with Crippen molar-refractivity contribution in [1.82, 2.24) is 10.6 Å². The summed E-state index contributed by atoms with van der Waals surface area (Å²) >= 11 is 1.76. The second-order valence-electron chi connectivity index (χ2n) is 4.76. The number of amides is 1. The number of piperidine rings is 1. The van der Waals surface area contributed by atoms with Gasteiger partial charge in [0.05, 0.1) is 6.04 Å². The summed E-state index contributed by atoms with van der Waals surface area (Å²) < 4.78 is 0. The van der Waals surface area contributed by atoms with Gasteiger partial charge in [0, 0.05) is 12.3 Å². The van der Waals surface area contributed by atoms with Crippen LogP contribution in [0.2, 0.25) is 0 Å². The maximum absolute atomic E-state index is 11.9. The molecule has 2 N–H and O–H groups in total. The van der Waals surface area contributed by atoms with Crippen molar-refractivity contribution in [3.05, 3.63) is 0 Å². The molecule has 1 aliphatic rings. The first-order chi connectivity index (χ1) is 7.08. The quantitative estimate of drug-likeness (QED) is 0.714. The third-order valence-corrected chi connectivity index (χ3v) is 3.61.